The van der Waals surface area contributed by atoms with Crippen molar-refractivity contribution in [2.75, 3.05) is 6.79 Å². The molecule has 1 aromatic heterocycles. The Bertz CT molecular complexity index is 1260. The molecule has 0 aliphatic heterocycles. The van der Waals surface area contributed by atoms with Crippen LogP contribution in [-0.2, 0) is 38.2 Å². The number of ketones is 1. The second-order valence-corrected chi connectivity index (χ2v) is 11.6. The fraction of sp³-hybridized carbons (Fsp3) is 0.533. The Morgan fingerprint density at radius 2 is 1.46 bits per heavy atom. The topological polar surface area (TPSA) is 112 Å². The zero-order valence-corrected chi connectivity index (χ0v) is 24.8. The second-order valence-electron chi connectivity index (χ2n) is 11.6. The van der Waals surface area contributed by atoms with Crippen molar-refractivity contribution in [2.24, 2.45) is 4.99 Å². The van der Waals surface area contributed by atoms with Gasteiger partial charge in [0.25, 0.3) is 0 Å². The molecule has 214 valence electrons. The third-order valence-corrected chi connectivity index (χ3v) is 6.42. The lowest BCUT2D eigenvalue weighted by Crippen LogP contribution is -2.30. The lowest BCUT2D eigenvalue weighted by molar-refractivity contribution is -0.148. The van der Waals surface area contributed by atoms with E-state index in [9.17, 15) is 19.5 Å². The maximum absolute atomic E-state index is 13.6. The summed E-state index contributed by atoms with van der Waals surface area (Å²) in [6.45, 7) is 17.1. The van der Waals surface area contributed by atoms with Crippen molar-refractivity contribution in [3.05, 3.63) is 58.5 Å². The summed E-state index contributed by atoms with van der Waals surface area (Å²) in [4.78, 5) is 41.1. The Hall–Kier alpha value is -3.62. The molecule has 0 aliphatic carbocycles. The minimum Gasteiger partial charge on any atom is -0.507 e. The summed E-state index contributed by atoms with van der Waals surface area (Å²) in [5.41, 5.74) is 2.56. The van der Waals surface area contributed by atoms with E-state index in [1.807, 2.05) is 41.5 Å². The maximum Gasteiger partial charge on any atom is 0.439 e. The number of hydrogen-bond acceptors (Lipinski definition) is 6. The van der Waals surface area contributed by atoms with Crippen molar-refractivity contribution in [1.29, 1.82) is 0 Å². The number of imidazole rings is 1. The molecule has 9 nitrogen and oxygen atoms in total. The first-order valence-corrected chi connectivity index (χ1v) is 13.3. The number of ether oxygens (including phenoxy) is 2. The Labute approximate surface area is 231 Å². The molecule has 0 fully saturated rings. The Balaban J connectivity index is 2.54. The number of allylic oxidation sites excluding steroid dienone is 2. The molecule has 0 saturated heterocycles. The number of nitrogens with zero attached hydrogens (tertiary/aromatic N) is 3. The lowest BCUT2D eigenvalue weighted by atomic mass is 9.78. The molecule has 1 heterocycles. The van der Waals surface area contributed by atoms with E-state index in [0.29, 0.717) is 23.2 Å². The third-order valence-electron chi connectivity index (χ3n) is 6.42. The van der Waals surface area contributed by atoms with Crippen molar-refractivity contribution in [3.8, 4) is 5.75 Å². The van der Waals surface area contributed by atoms with Crippen molar-refractivity contribution in [1.82, 2.24) is 9.13 Å². The smallest absolute Gasteiger partial charge is 0.439 e. The molecule has 0 saturated carbocycles. The molecule has 0 aliphatic rings. The number of benzene rings is 1. The van der Waals surface area contributed by atoms with Gasteiger partial charge in [-0.25, -0.2) is 4.79 Å². The monoisotopic (exact) mass is 541 g/mol. The number of Topliss-reactive ketones (excluding diaryl/α,β-unsaturated/α-hetero) is 1. The molecule has 9 heteroatoms. The summed E-state index contributed by atoms with van der Waals surface area (Å²) in [6, 6.07) is 3.48. The minimum atomic E-state index is -0.942. The summed E-state index contributed by atoms with van der Waals surface area (Å²) in [5, 5.41) is 11.0. The predicted molar refractivity (Wildman–Crippen MR) is 150 cm³/mol. The van der Waals surface area contributed by atoms with E-state index in [2.05, 4.69) is 29.7 Å². The van der Waals surface area contributed by atoms with E-state index in [-0.39, 0.29) is 34.5 Å². The molecule has 0 atom stereocenters. The fourth-order valence-electron chi connectivity index (χ4n) is 4.08. The van der Waals surface area contributed by atoms with Crippen LogP contribution in [0.25, 0.3) is 0 Å². The van der Waals surface area contributed by atoms with Crippen molar-refractivity contribution in [3.63, 3.8) is 0 Å². The van der Waals surface area contributed by atoms with Crippen LogP contribution in [-0.4, -0.2) is 38.9 Å². The number of aromatic nitrogens is 2. The summed E-state index contributed by atoms with van der Waals surface area (Å²) in [6.07, 6.45) is 6.38. The molecule has 1 amide bonds. The van der Waals surface area contributed by atoms with Gasteiger partial charge < -0.3 is 23.7 Å². The average molecular weight is 542 g/mol. The average Bonchev–Trinajstić information content (AvgIpc) is 3.18. The van der Waals surface area contributed by atoms with Gasteiger partial charge in [0.05, 0.1) is 6.54 Å². The molecule has 39 heavy (non-hydrogen) atoms. The first-order chi connectivity index (χ1) is 18.1. The van der Waals surface area contributed by atoms with Gasteiger partial charge in [-0.15, -0.1) is 4.99 Å². The van der Waals surface area contributed by atoms with Gasteiger partial charge in [0.1, 0.15) is 5.75 Å². The molecular weight excluding hydrogens is 498 g/mol. The first-order valence-electron chi connectivity index (χ1n) is 13.3. The molecule has 0 spiro atoms. The van der Waals surface area contributed by atoms with Crippen LogP contribution in [0.1, 0.15) is 96.6 Å². The number of carbonyl (C=O) groups excluding carboxylic acids is 3. The Morgan fingerprint density at radius 1 is 0.923 bits per heavy atom. The van der Waals surface area contributed by atoms with E-state index in [1.165, 1.54) is 12.5 Å². The second kappa shape index (κ2) is 13.0. The number of phenols is 1. The van der Waals surface area contributed by atoms with Gasteiger partial charge in [0.15, 0.2) is 5.78 Å². The molecule has 2 rings (SSSR count). The third kappa shape index (κ3) is 8.70. The summed E-state index contributed by atoms with van der Waals surface area (Å²) in [7, 11) is 0. The van der Waals surface area contributed by atoms with Gasteiger partial charge in [-0.2, -0.15) is 0 Å². The number of aromatic hydroxyl groups is 1. The van der Waals surface area contributed by atoms with Crippen LogP contribution in [0, 0.1) is 0 Å². The molecular formula is C30H43N3O6. The van der Waals surface area contributed by atoms with Gasteiger partial charge in [-0.05, 0) is 35.8 Å². The van der Waals surface area contributed by atoms with Gasteiger partial charge >= 0.3 is 12.1 Å². The van der Waals surface area contributed by atoms with E-state index in [0.717, 1.165) is 12.8 Å². The molecule has 0 unspecified atom stereocenters. The van der Waals surface area contributed by atoms with Crippen LogP contribution in [0.2, 0.25) is 0 Å². The highest BCUT2D eigenvalue weighted by Gasteiger charge is 2.28. The zero-order chi connectivity index (χ0) is 29.5. The van der Waals surface area contributed by atoms with E-state index >= 15 is 0 Å². The Kier molecular flexibility index (Phi) is 10.5. The van der Waals surface area contributed by atoms with Crippen LogP contribution in [0.5, 0.6) is 5.75 Å². The van der Waals surface area contributed by atoms with Gasteiger partial charge in [-0.1, -0.05) is 67.0 Å². The van der Waals surface area contributed by atoms with Gasteiger partial charge in [0.2, 0.25) is 12.4 Å². The lowest BCUT2D eigenvalue weighted by Gasteiger charge is -2.28. The molecule has 0 radical (unpaired) electrons. The van der Waals surface area contributed by atoms with E-state index in [1.54, 1.807) is 33.7 Å². The van der Waals surface area contributed by atoms with Crippen LogP contribution in [0.15, 0.2) is 41.2 Å². The number of hydrogen-bond donors (Lipinski definition) is 1. The number of carbonyl (C=O) groups is 3. The van der Waals surface area contributed by atoms with Crippen LogP contribution < -0.4 is 5.62 Å². The number of amides is 1. The standard InChI is InChI=1S/C30H43N3O6/c1-10-21(11-2)12-13-32-14-15-33(27(32)31-28(37)39-19-38-20(3)34)18-25(35)22-16-23(29(4,5)6)26(36)24(17-22)30(7,8)9/h12,14-17,36H,10-11,13,18-19H2,1-9H3/b31-27-. The summed E-state index contributed by atoms with van der Waals surface area (Å²) < 4.78 is 12.9. The highest BCUT2D eigenvalue weighted by molar-refractivity contribution is 5.96. The number of esters is 1. The van der Waals surface area contributed by atoms with Crippen LogP contribution in [0.4, 0.5) is 4.79 Å². The first kappa shape index (κ1) is 31.6. The molecule has 1 aromatic carbocycles. The minimum absolute atomic E-state index is 0.0842. The Morgan fingerprint density at radius 3 is 1.95 bits per heavy atom. The maximum atomic E-state index is 13.6. The number of phenolic OH excluding ortho intramolecular Hbond substituents is 1. The van der Waals surface area contributed by atoms with Crippen LogP contribution in [0.3, 0.4) is 0 Å². The summed E-state index contributed by atoms with van der Waals surface area (Å²) >= 11 is 0. The largest absolute Gasteiger partial charge is 0.507 e. The molecule has 1 N–H and O–H groups in total. The predicted octanol–water partition coefficient (Wildman–Crippen LogP) is 5.78. The number of rotatable bonds is 9. The summed E-state index contributed by atoms with van der Waals surface area (Å²) in [5.74, 6) is -0.579. The molecule has 2 aromatic rings. The quantitative estimate of drug-likeness (QED) is 0.186. The normalized spacial score (nSPS) is 12.3. The fourth-order valence-corrected chi connectivity index (χ4v) is 4.08. The van der Waals surface area contributed by atoms with Gasteiger partial charge in [-0.3, -0.25) is 9.59 Å². The van der Waals surface area contributed by atoms with Gasteiger partial charge in [0, 0.05) is 42.6 Å². The zero-order valence-electron chi connectivity index (χ0n) is 24.8. The van der Waals surface area contributed by atoms with E-state index in [4.69, 9.17) is 4.74 Å². The SMILES string of the molecule is CCC(=CCn1ccn(CC(=O)c2cc(C(C)(C)C)c(O)c(C(C)(C)C)c2)/c1=N\C(=O)OCOC(C)=O)CC. The molecule has 0 bridgehead atoms. The van der Waals surface area contributed by atoms with Crippen molar-refractivity contribution < 1.29 is 29.0 Å². The highest BCUT2D eigenvalue weighted by atomic mass is 16.7. The highest BCUT2D eigenvalue weighted by Crippen LogP contribution is 2.39. The van der Waals surface area contributed by atoms with Crippen LogP contribution >= 0.6 is 0 Å². The van der Waals surface area contributed by atoms with Crippen molar-refractivity contribution >= 4 is 17.8 Å². The van der Waals surface area contributed by atoms with Crippen molar-refractivity contribution in [2.45, 2.75) is 99.1 Å². The van der Waals surface area contributed by atoms with E-state index < -0.39 is 18.9 Å².